The summed E-state index contributed by atoms with van der Waals surface area (Å²) in [6.07, 6.45) is 5.57. The second kappa shape index (κ2) is 7.44. The van der Waals surface area contributed by atoms with Crippen LogP contribution in [0.15, 0.2) is 17.3 Å². The van der Waals surface area contributed by atoms with Crippen LogP contribution >= 0.6 is 11.8 Å². The van der Waals surface area contributed by atoms with Crippen LogP contribution in [0.3, 0.4) is 0 Å². The van der Waals surface area contributed by atoms with Crippen LogP contribution in [0.25, 0.3) is 0 Å². The van der Waals surface area contributed by atoms with Crippen molar-refractivity contribution in [2.75, 3.05) is 24.7 Å². The van der Waals surface area contributed by atoms with Crippen LogP contribution in [0.2, 0.25) is 0 Å². The SMILES string of the molecule is O=S(=O)(NCC1CCSCC1)c1cnn(CCCO)c1. The number of hydrogen-bond donors (Lipinski definition) is 2. The summed E-state index contributed by atoms with van der Waals surface area (Å²) < 4.78 is 28.5. The predicted octanol–water partition coefficient (Wildman–Crippen LogP) is 0.687. The number of nitrogens with one attached hydrogen (secondary N) is 1. The minimum atomic E-state index is -3.47. The Balaban J connectivity index is 1.90. The molecule has 2 N–H and O–H groups in total. The van der Waals surface area contributed by atoms with Crippen LogP contribution in [0.5, 0.6) is 0 Å². The van der Waals surface area contributed by atoms with E-state index in [1.54, 1.807) is 4.68 Å². The molecule has 0 amide bonds. The lowest BCUT2D eigenvalue weighted by Gasteiger charge is -2.21. The highest BCUT2D eigenvalue weighted by molar-refractivity contribution is 7.99. The normalized spacial score (nSPS) is 17.4. The minimum Gasteiger partial charge on any atom is -0.396 e. The lowest BCUT2D eigenvalue weighted by Crippen LogP contribution is -2.30. The molecule has 0 saturated carbocycles. The summed E-state index contributed by atoms with van der Waals surface area (Å²) in [7, 11) is -3.47. The molecule has 2 rings (SSSR count). The number of hydrogen-bond acceptors (Lipinski definition) is 5. The molecule has 0 aromatic carbocycles. The van der Waals surface area contributed by atoms with Crippen LogP contribution in [-0.2, 0) is 16.6 Å². The molecular weight excluding hydrogens is 298 g/mol. The fourth-order valence-corrected chi connectivity index (χ4v) is 4.37. The van der Waals surface area contributed by atoms with Crippen molar-refractivity contribution in [3.8, 4) is 0 Å². The van der Waals surface area contributed by atoms with Crippen molar-refractivity contribution < 1.29 is 13.5 Å². The van der Waals surface area contributed by atoms with E-state index in [1.165, 1.54) is 12.4 Å². The molecule has 1 aliphatic rings. The molecule has 1 aliphatic heterocycles. The Morgan fingerprint density at radius 3 is 2.90 bits per heavy atom. The molecule has 0 unspecified atom stereocenters. The zero-order valence-electron chi connectivity index (χ0n) is 11.4. The van der Waals surface area contributed by atoms with Gasteiger partial charge in [0.05, 0.1) is 6.20 Å². The van der Waals surface area contributed by atoms with E-state index in [-0.39, 0.29) is 11.5 Å². The number of aromatic nitrogens is 2. The van der Waals surface area contributed by atoms with Crippen molar-refractivity contribution in [2.24, 2.45) is 5.92 Å². The van der Waals surface area contributed by atoms with Crippen LogP contribution < -0.4 is 4.72 Å². The molecule has 2 heterocycles. The Morgan fingerprint density at radius 1 is 1.45 bits per heavy atom. The summed E-state index contributed by atoms with van der Waals surface area (Å²) in [4.78, 5) is 0.195. The van der Waals surface area contributed by atoms with Crippen LogP contribution in [0.4, 0.5) is 0 Å². The van der Waals surface area contributed by atoms with Gasteiger partial charge in [0, 0.05) is 25.9 Å². The molecule has 0 aliphatic carbocycles. The fourth-order valence-electron chi connectivity index (χ4n) is 2.10. The number of sulfonamides is 1. The highest BCUT2D eigenvalue weighted by atomic mass is 32.2. The first-order valence-corrected chi connectivity index (χ1v) is 9.46. The summed E-state index contributed by atoms with van der Waals surface area (Å²) in [6, 6.07) is 0. The first-order valence-electron chi connectivity index (χ1n) is 6.82. The second-order valence-corrected chi connectivity index (χ2v) is 7.92. The third kappa shape index (κ3) is 4.47. The van der Waals surface area contributed by atoms with Gasteiger partial charge in [-0.1, -0.05) is 0 Å². The molecule has 114 valence electrons. The third-order valence-corrected chi connectivity index (χ3v) is 5.79. The smallest absolute Gasteiger partial charge is 0.243 e. The van der Waals surface area contributed by atoms with Gasteiger partial charge < -0.3 is 5.11 Å². The van der Waals surface area contributed by atoms with Crippen molar-refractivity contribution >= 4 is 21.8 Å². The molecule has 0 atom stereocenters. The Kier molecular flexibility index (Phi) is 5.88. The highest BCUT2D eigenvalue weighted by Gasteiger charge is 2.20. The van der Waals surface area contributed by atoms with E-state index in [4.69, 9.17) is 5.11 Å². The molecule has 20 heavy (non-hydrogen) atoms. The molecule has 1 fully saturated rings. The quantitative estimate of drug-likeness (QED) is 0.772. The second-order valence-electron chi connectivity index (χ2n) is 4.92. The Morgan fingerprint density at radius 2 is 2.20 bits per heavy atom. The molecule has 6 nitrogen and oxygen atoms in total. The van der Waals surface area contributed by atoms with E-state index in [0.717, 1.165) is 24.3 Å². The van der Waals surface area contributed by atoms with E-state index in [0.29, 0.717) is 25.4 Å². The van der Waals surface area contributed by atoms with E-state index >= 15 is 0 Å². The number of aliphatic hydroxyl groups is 1. The van der Waals surface area contributed by atoms with Gasteiger partial charge in [-0.05, 0) is 36.7 Å². The van der Waals surface area contributed by atoms with Gasteiger partial charge in [-0.2, -0.15) is 16.9 Å². The zero-order valence-corrected chi connectivity index (χ0v) is 13.0. The van der Waals surface area contributed by atoms with Gasteiger partial charge in [-0.25, -0.2) is 13.1 Å². The summed E-state index contributed by atoms with van der Waals surface area (Å²) in [6.45, 7) is 1.09. The number of aliphatic hydroxyl groups excluding tert-OH is 1. The molecule has 1 saturated heterocycles. The van der Waals surface area contributed by atoms with Gasteiger partial charge in [0.25, 0.3) is 0 Å². The van der Waals surface area contributed by atoms with E-state index in [9.17, 15) is 8.42 Å². The zero-order chi connectivity index (χ0) is 14.4. The molecule has 8 heteroatoms. The molecule has 0 radical (unpaired) electrons. The Hall–Kier alpha value is -0.570. The van der Waals surface area contributed by atoms with Crippen molar-refractivity contribution in [3.63, 3.8) is 0 Å². The fraction of sp³-hybridized carbons (Fsp3) is 0.750. The molecule has 0 spiro atoms. The Bertz CT molecular complexity index is 510. The van der Waals surface area contributed by atoms with Gasteiger partial charge in [-0.15, -0.1) is 0 Å². The maximum atomic E-state index is 12.1. The molecule has 0 bridgehead atoms. The molecular formula is C12H21N3O3S2. The van der Waals surface area contributed by atoms with Gasteiger partial charge >= 0.3 is 0 Å². The largest absolute Gasteiger partial charge is 0.396 e. The predicted molar refractivity (Wildman–Crippen MR) is 79.2 cm³/mol. The number of thioether (sulfide) groups is 1. The van der Waals surface area contributed by atoms with Crippen LogP contribution in [0, 0.1) is 5.92 Å². The standard InChI is InChI=1S/C12H21N3O3S2/c16-5-1-4-15-10-12(9-13-15)20(17,18)14-8-11-2-6-19-7-3-11/h9-11,14,16H,1-8H2. The molecule has 1 aromatic rings. The maximum absolute atomic E-state index is 12.1. The Labute approximate surface area is 124 Å². The average molecular weight is 319 g/mol. The van der Waals surface area contributed by atoms with Crippen molar-refractivity contribution in [1.82, 2.24) is 14.5 Å². The van der Waals surface area contributed by atoms with Crippen molar-refractivity contribution in [1.29, 1.82) is 0 Å². The first kappa shape index (κ1) is 15.8. The monoisotopic (exact) mass is 319 g/mol. The number of nitrogens with zero attached hydrogens (tertiary/aromatic N) is 2. The minimum absolute atomic E-state index is 0.0693. The van der Waals surface area contributed by atoms with E-state index < -0.39 is 10.0 Å². The van der Waals surface area contributed by atoms with Gasteiger partial charge in [-0.3, -0.25) is 4.68 Å². The lowest BCUT2D eigenvalue weighted by molar-refractivity contribution is 0.277. The summed E-state index contributed by atoms with van der Waals surface area (Å²) >= 11 is 1.93. The van der Waals surface area contributed by atoms with Crippen molar-refractivity contribution in [2.45, 2.75) is 30.7 Å². The highest BCUT2D eigenvalue weighted by Crippen LogP contribution is 2.22. The van der Waals surface area contributed by atoms with Gasteiger partial charge in [0.2, 0.25) is 10.0 Å². The summed E-state index contributed by atoms with van der Waals surface area (Å²) in [5.74, 6) is 2.67. The summed E-state index contributed by atoms with van der Waals surface area (Å²) in [5, 5.41) is 12.7. The first-order chi connectivity index (χ1) is 9.62. The van der Waals surface area contributed by atoms with E-state index in [1.807, 2.05) is 11.8 Å². The maximum Gasteiger partial charge on any atom is 0.243 e. The topological polar surface area (TPSA) is 84.2 Å². The van der Waals surface area contributed by atoms with Crippen LogP contribution in [-0.4, -0.2) is 48.0 Å². The third-order valence-electron chi connectivity index (χ3n) is 3.37. The average Bonchev–Trinajstić information content (AvgIpc) is 2.94. The molecule has 1 aromatic heterocycles. The van der Waals surface area contributed by atoms with E-state index in [2.05, 4.69) is 9.82 Å². The lowest BCUT2D eigenvalue weighted by atomic mass is 10.0. The van der Waals surface area contributed by atoms with Gasteiger partial charge in [0.15, 0.2) is 0 Å². The van der Waals surface area contributed by atoms with Crippen LogP contribution in [0.1, 0.15) is 19.3 Å². The van der Waals surface area contributed by atoms with Crippen molar-refractivity contribution in [3.05, 3.63) is 12.4 Å². The van der Waals surface area contributed by atoms with Gasteiger partial charge in [0.1, 0.15) is 4.90 Å². The number of aryl methyl sites for hydroxylation is 1. The summed E-state index contributed by atoms with van der Waals surface area (Å²) in [5.41, 5.74) is 0. The number of rotatable bonds is 7.